The molecule has 1 aromatic rings. The number of benzene rings is 1. The van der Waals surface area contributed by atoms with E-state index < -0.39 is 0 Å². The van der Waals surface area contributed by atoms with Gasteiger partial charge in [-0.1, -0.05) is 35.7 Å². The molecule has 0 unspecified atom stereocenters. The van der Waals surface area contributed by atoms with Crippen LogP contribution in [0, 0.1) is 15.5 Å². The zero-order chi connectivity index (χ0) is 14.6. The lowest BCUT2D eigenvalue weighted by Gasteiger charge is -2.27. The van der Waals surface area contributed by atoms with Gasteiger partial charge in [0.15, 0.2) is 0 Å². The van der Waals surface area contributed by atoms with Crippen LogP contribution in [0.25, 0.3) is 0 Å². The number of halogens is 1. The van der Waals surface area contributed by atoms with Gasteiger partial charge in [-0.05, 0) is 36.3 Å². The van der Waals surface area contributed by atoms with Crippen molar-refractivity contribution in [3.8, 4) is 0 Å². The lowest BCUT2D eigenvalue weighted by Crippen LogP contribution is -2.31. The minimum atomic E-state index is -0.348. The minimum Gasteiger partial charge on any atom is -0.312 e. The molecular formula is C15H21BrN2O2. The van der Waals surface area contributed by atoms with Crippen LogP contribution in [0.3, 0.4) is 0 Å². The van der Waals surface area contributed by atoms with Crippen LogP contribution in [0.4, 0.5) is 5.69 Å². The Labute approximate surface area is 128 Å². The van der Waals surface area contributed by atoms with Crippen molar-refractivity contribution in [2.45, 2.75) is 45.6 Å². The Hall–Kier alpha value is -0.940. The van der Waals surface area contributed by atoms with Crippen LogP contribution in [-0.4, -0.2) is 11.5 Å². The van der Waals surface area contributed by atoms with Crippen LogP contribution in [0.1, 0.15) is 44.6 Å². The van der Waals surface area contributed by atoms with Crippen LogP contribution in [0.5, 0.6) is 0 Å². The Kier molecular flexibility index (Phi) is 5.16. The van der Waals surface area contributed by atoms with Crippen molar-refractivity contribution in [2.24, 2.45) is 5.41 Å². The summed E-state index contributed by atoms with van der Waals surface area (Å²) in [5, 5.41) is 14.3. The van der Waals surface area contributed by atoms with Crippen LogP contribution >= 0.6 is 15.9 Å². The lowest BCUT2D eigenvalue weighted by atomic mass is 9.83. The Morgan fingerprint density at radius 2 is 2.05 bits per heavy atom. The van der Waals surface area contributed by atoms with Gasteiger partial charge >= 0.3 is 0 Å². The zero-order valence-corrected chi connectivity index (χ0v) is 13.4. The number of non-ortho nitro benzene ring substituents is 1. The van der Waals surface area contributed by atoms with E-state index >= 15 is 0 Å². The highest BCUT2D eigenvalue weighted by Crippen LogP contribution is 2.40. The molecule has 0 spiro atoms. The second kappa shape index (κ2) is 6.68. The first-order chi connectivity index (χ1) is 9.54. The van der Waals surface area contributed by atoms with Gasteiger partial charge in [0, 0.05) is 29.7 Å². The lowest BCUT2D eigenvalue weighted by molar-refractivity contribution is -0.385. The summed E-state index contributed by atoms with van der Waals surface area (Å²) in [6.07, 6.45) is 6.47. The summed E-state index contributed by atoms with van der Waals surface area (Å²) in [5.41, 5.74) is 1.54. The van der Waals surface area contributed by atoms with Crippen molar-refractivity contribution in [1.82, 2.24) is 5.32 Å². The number of hydrogen-bond donors (Lipinski definition) is 1. The van der Waals surface area contributed by atoms with Crippen molar-refractivity contribution in [2.75, 3.05) is 6.54 Å². The van der Waals surface area contributed by atoms with Crippen molar-refractivity contribution < 1.29 is 4.92 Å². The second-order valence-electron chi connectivity index (χ2n) is 5.74. The van der Waals surface area contributed by atoms with E-state index in [0.717, 1.165) is 16.6 Å². The molecule has 110 valence electrons. The number of nitrogens with zero attached hydrogens (tertiary/aromatic N) is 1. The van der Waals surface area contributed by atoms with Gasteiger partial charge in [-0.15, -0.1) is 0 Å². The topological polar surface area (TPSA) is 55.2 Å². The molecule has 5 heteroatoms. The SMILES string of the molecule is CCC1(CNCc2cc(Br)cc([N+](=O)[O-])c2)CCCC1. The Morgan fingerprint density at radius 1 is 1.35 bits per heavy atom. The number of nitro benzene ring substituents is 1. The third-order valence-corrected chi connectivity index (χ3v) is 4.85. The fourth-order valence-corrected chi connectivity index (χ4v) is 3.62. The highest BCUT2D eigenvalue weighted by Gasteiger charge is 2.31. The largest absolute Gasteiger partial charge is 0.312 e. The summed E-state index contributed by atoms with van der Waals surface area (Å²) in [6.45, 7) is 3.95. The molecule has 1 aliphatic rings. The van der Waals surface area contributed by atoms with Crippen LogP contribution in [-0.2, 0) is 6.54 Å². The first kappa shape index (κ1) is 15.4. The highest BCUT2D eigenvalue weighted by atomic mass is 79.9. The van der Waals surface area contributed by atoms with E-state index in [1.165, 1.54) is 38.2 Å². The van der Waals surface area contributed by atoms with Crippen molar-refractivity contribution in [1.29, 1.82) is 0 Å². The maximum Gasteiger partial charge on any atom is 0.270 e. The standard InChI is InChI=1S/C15H21BrN2O2/c1-2-15(5-3-4-6-15)11-17-10-12-7-13(16)9-14(8-12)18(19)20/h7-9,17H,2-6,10-11H2,1H3. The first-order valence-electron chi connectivity index (χ1n) is 7.19. The fraction of sp³-hybridized carbons (Fsp3) is 0.600. The van der Waals surface area contributed by atoms with E-state index in [1.807, 2.05) is 6.07 Å². The van der Waals surface area contributed by atoms with Crippen LogP contribution < -0.4 is 5.32 Å². The van der Waals surface area contributed by atoms with Gasteiger partial charge < -0.3 is 5.32 Å². The number of nitrogens with one attached hydrogen (secondary N) is 1. The summed E-state index contributed by atoms with van der Waals surface area (Å²) in [4.78, 5) is 10.5. The quantitative estimate of drug-likeness (QED) is 0.616. The van der Waals surface area contributed by atoms with Gasteiger partial charge in [0.25, 0.3) is 5.69 Å². The van der Waals surface area contributed by atoms with Crippen molar-refractivity contribution >= 4 is 21.6 Å². The molecule has 0 aromatic heterocycles. The van der Waals surface area contributed by atoms with E-state index in [0.29, 0.717) is 12.0 Å². The monoisotopic (exact) mass is 340 g/mol. The van der Waals surface area contributed by atoms with E-state index in [1.54, 1.807) is 6.07 Å². The zero-order valence-electron chi connectivity index (χ0n) is 11.8. The van der Waals surface area contributed by atoms with Gasteiger partial charge in [0.05, 0.1) is 4.92 Å². The van der Waals surface area contributed by atoms with Crippen molar-refractivity contribution in [3.05, 3.63) is 38.3 Å². The first-order valence-corrected chi connectivity index (χ1v) is 7.98. The summed E-state index contributed by atoms with van der Waals surface area (Å²) in [7, 11) is 0. The van der Waals surface area contributed by atoms with Gasteiger partial charge in [-0.25, -0.2) is 0 Å². The number of nitro groups is 1. The fourth-order valence-electron chi connectivity index (χ4n) is 3.09. The maximum atomic E-state index is 10.8. The minimum absolute atomic E-state index is 0.141. The molecular weight excluding hydrogens is 320 g/mol. The predicted molar refractivity (Wildman–Crippen MR) is 83.7 cm³/mol. The molecule has 0 amide bonds. The van der Waals surface area contributed by atoms with E-state index in [9.17, 15) is 10.1 Å². The summed E-state index contributed by atoms with van der Waals surface area (Å²) in [5.74, 6) is 0. The highest BCUT2D eigenvalue weighted by molar-refractivity contribution is 9.10. The molecule has 0 heterocycles. The van der Waals surface area contributed by atoms with E-state index in [2.05, 4.69) is 28.2 Å². The third-order valence-electron chi connectivity index (χ3n) is 4.40. The molecule has 20 heavy (non-hydrogen) atoms. The van der Waals surface area contributed by atoms with Crippen LogP contribution in [0.15, 0.2) is 22.7 Å². The average molecular weight is 341 g/mol. The molecule has 0 aliphatic heterocycles. The molecule has 2 rings (SSSR count). The average Bonchev–Trinajstić information content (AvgIpc) is 2.87. The molecule has 1 fully saturated rings. The molecule has 0 atom stereocenters. The van der Waals surface area contributed by atoms with E-state index in [4.69, 9.17) is 0 Å². The smallest absolute Gasteiger partial charge is 0.270 e. The molecule has 1 saturated carbocycles. The summed E-state index contributed by atoms with van der Waals surface area (Å²) < 4.78 is 0.759. The molecule has 1 aromatic carbocycles. The second-order valence-corrected chi connectivity index (χ2v) is 6.65. The number of rotatable bonds is 6. The van der Waals surface area contributed by atoms with E-state index in [-0.39, 0.29) is 10.6 Å². The molecule has 4 nitrogen and oxygen atoms in total. The van der Waals surface area contributed by atoms with Gasteiger partial charge in [-0.2, -0.15) is 0 Å². The van der Waals surface area contributed by atoms with Gasteiger partial charge in [-0.3, -0.25) is 10.1 Å². The predicted octanol–water partition coefficient (Wildman–Crippen LogP) is 4.42. The van der Waals surface area contributed by atoms with Gasteiger partial charge in [0.2, 0.25) is 0 Å². The molecule has 0 radical (unpaired) electrons. The maximum absolute atomic E-state index is 10.8. The summed E-state index contributed by atoms with van der Waals surface area (Å²) in [6, 6.07) is 5.12. The molecule has 1 aliphatic carbocycles. The van der Waals surface area contributed by atoms with Crippen molar-refractivity contribution in [3.63, 3.8) is 0 Å². The van der Waals surface area contributed by atoms with Gasteiger partial charge in [0.1, 0.15) is 0 Å². The molecule has 1 N–H and O–H groups in total. The Balaban J connectivity index is 1.95. The Morgan fingerprint density at radius 3 is 2.65 bits per heavy atom. The van der Waals surface area contributed by atoms with Crippen LogP contribution in [0.2, 0.25) is 0 Å². The molecule has 0 bridgehead atoms. The number of hydrogen-bond acceptors (Lipinski definition) is 3. The summed E-state index contributed by atoms with van der Waals surface area (Å²) >= 11 is 3.33. The normalized spacial score (nSPS) is 17.3. The third kappa shape index (κ3) is 3.79. The molecule has 0 saturated heterocycles. The Bertz CT molecular complexity index is 485.